The third kappa shape index (κ3) is 4.45. The van der Waals surface area contributed by atoms with E-state index >= 15 is 0 Å². The lowest BCUT2D eigenvalue weighted by molar-refractivity contribution is 0.0169. The van der Waals surface area contributed by atoms with Gasteiger partial charge in [-0.25, -0.2) is 0 Å². The number of amides is 1. The summed E-state index contributed by atoms with van der Waals surface area (Å²) in [6, 6.07) is 16.4. The molecule has 1 atom stereocenters. The summed E-state index contributed by atoms with van der Waals surface area (Å²) in [7, 11) is 0. The number of carbonyl (C=O) groups excluding carboxylic acids is 1. The van der Waals surface area contributed by atoms with Gasteiger partial charge in [0.15, 0.2) is 0 Å². The second-order valence-electron chi connectivity index (χ2n) is 7.39. The van der Waals surface area contributed by atoms with E-state index in [1.807, 2.05) is 24.3 Å². The van der Waals surface area contributed by atoms with Gasteiger partial charge in [0.1, 0.15) is 0 Å². The maximum Gasteiger partial charge on any atom is 0.251 e. The molecule has 1 saturated heterocycles. The van der Waals surface area contributed by atoms with Crippen LogP contribution in [-0.4, -0.2) is 48.2 Å². The van der Waals surface area contributed by atoms with Crippen molar-refractivity contribution in [3.63, 3.8) is 0 Å². The van der Waals surface area contributed by atoms with Gasteiger partial charge in [-0.15, -0.1) is 11.3 Å². The first-order valence-corrected chi connectivity index (χ1v) is 10.9. The number of hydrogen-bond acceptors (Lipinski definition) is 4. The van der Waals surface area contributed by atoms with Crippen molar-refractivity contribution < 1.29 is 9.53 Å². The zero-order valence-corrected chi connectivity index (χ0v) is 17.7. The molecule has 1 fully saturated rings. The lowest BCUT2D eigenvalue weighted by Gasteiger charge is -2.34. The Labute approximate surface area is 175 Å². The first-order valence-electron chi connectivity index (χ1n) is 10.0. The molecule has 0 saturated carbocycles. The summed E-state index contributed by atoms with van der Waals surface area (Å²) in [6.07, 6.45) is 0. The number of aromatic nitrogens is 1. The van der Waals surface area contributed by atoms with Gasteiger partial charge in [-0.1, -0.05) is 6.07 Å². The van der Waals surface area contributed by atoms with E-state index in [0.29, 0.717) is 12.1 Å². The van der Waals surface area contributed by atoms with Crippen molar-refractivity contribution in [2.24, 2.45) is 0 Å². The van der Waals surface area contributed by atoms with Crippen LogP contribution < -0.4 is 5.32 Å². The second kappa shape index (κ2) is 8.95. The number of benzene rings is 1. The molecule has 2 aromatic heterocycles. The number of rotatable bonds is 6. The number of nitrogens with zero attached hydrogens (tertiary/aromatic N) is 2. The fourth-order valence-electron chi connectivity index (χ4n) is 3.91. The molecule has 4 rings (SSSR count). The Morgan fingerprint density at radius 1 is 1.07 bits per heavy atom. The normalized spacial score (nSPS) is 15.9. The third-order valence-corrected chi connectivity index (χ3v) is 6.45. The average Bonchev–Trinajstić information content (AvgIpc) is 3.39. The fraction of sp³-hybridized carbons (Fsp3) is 0.348. The number of carbonyl (C=O) groups is 1. The number of thiophene rings is 1. The van der Waals surface area contributed by atoms with Gasteiger partial charge in [0.05, 0.1) is 19.3 Å². The summed E-state index contributed by atoms with van der Waals surface area (Å²) in [5.41, 5.74) is 4.13. The highest BCUT2D eigenvalue weighted by molar-refractivity contribution is 7.10. The molecule has 0 aliphatic carbocycles. The second-order valence-corrected chi connectivity index (χ2v) is 8.37. The molecule has 1 amide bonds. The average molecular weight is 410 g/mol. The Hall–Kier alpha value is -2.41. The van der Waals surface area contributed by atoms with Crippen LogP contribution in [0.1, 0.15) is 32.7 Å². The van der Waals surface area contributed by atoms with Crippen LogP contribution in [0.3, 0.4) is 0 Å². The minimum Gasteiger partial charge on any atom is -0.379 e. The quantitative estimate of drug-likeness (QED) is 0.670. The van der Waals surface area contributed by atoms with Gasteiger partial charge in [-0.05, 0) is 61.7 Å². The number of aryl methyl sites for hydroxylation is 2. The molecule has 1 aliphatic heterocycles. The van der Waals surface area contributed by atoms with E-state index in [2.05, 4.69) is 58.3 Å². The summed E-state index contributed by atoms with van der Waals surface area (Å²) >= 11 is 1.74. The van der Waals surface area contributed by atoms with Crippen LogP contribution in [0.2, 0.25) is 0 Å². The summed E-state index contributed by atoms with van der Waals surface area (Å²) < 4.78 is 7.68. The minimum atomic E-state index is -0.0349. The molecule has 0 bridgehead atoms. The molecule has 0 spiro atoms. The van der Waals surface area contributed by atoms with Crippen molar-refractivity contribution in [3.05, 3.63) is 75.7 Å². The summed E-state index contributed by atoms with van der Waals surface area (Å²) in [6.45, 7) is 8.04. The molecule has 1 N–H and O–H groups in total. The zero-order chi connectivity index (χ0) is 20.2. The topological polar surface area (TPSA) is 46.5 Å². The van der Waals surface area contributed by atoms with Crippen molar-refractivity contribution in [1.29, 1.82) is 0 Å². The van der Waals surface area contributed by atoms with Gasteiger partial charge >= 0.3 is 0 Å². The van der Waals surface area contributed by atoms with E-state index in [4.69, 9.17) is 4.74 Å². The van der Waals surface area contributed by atoms with Crippen LogP contribution in [0.4, 0.5) is 0 Å². The highest BCUT2D eigenvalue weighted by Crippen LogP contribution is 2.25. The predicted molar refractivity (Wildman–Crippen MR) is 117 cm³/mol. The summed E-state index contributed by atoms with van der Waals surface area (Å²) in [5, 5.41) is 5.23. The molecule has 3 aromatic rings. The lowest BCUT2D eigenvalue weighted by atomic mass is 10.1. The van der Waals surface area contributed by atoms with Crippen LogP contribution in [-0.2, 0) is 4.74 Å². The van der Waals surface area contributed by atoms with Crippen molar-refractivity contribution in [2.45, 2.75) is 19.9 Å². The Balaban J connectivity index is 1.44. The Morgan fingerprint density at radius 3 is 2.38 bits per heavy atom. The van der Waals surface area contributed by atoms with Crippen molar-refractivity contribution in [1.82, 2.24) is 14.8 Å². The van der Waals surface area contributed by atoms with Gasteiger partial charge in [-0.3, -0.25) is 9.69 Å². The van der Waals surface area contributed by atoms with Crippen LogP contribution in [0.5, 0.6) is 0 Å². The summed E-state index contributed by atoms with van der Waals surface area (Å²) in [5.74, 6) is -0.0349. The molecule has 1 aromatic carbocycles. The Morgan fingerprint density at radius 2 is 1.76 bits per heavy atom. The molecule has 152 valence electrons. The van der Waals surface area contributed by atoms with Gasteiger partial charge in [-0.2, -0.15) is 0 Å². The van der Waals surface area contributed by atoms with Gasteiger partial charge < -0.3 is 14.6 Å². The molecule has 0 radical (unpaired) electrons. The van der Waals surface area contributed by atoms with E-state index in [1.165, 1.54) is 16.3 Å². The molecule has 29 heavy (non-hydrogen) atoms. The van der Waals surface area contributed by atoms with Crippen LogP contribution in [0.15, 0.2) is 53.9 Å². The lowest BCUT2D eigenvalue weighted by Crippen LogP contribution is -2.43. The molecular formula is C23H27N3O2S. The molecule has 3 heterocycles. The van der Waals surface area contributed by atoms with Crippen LogP contribution in [0.25, 0.3) is 5.69 Å². The first-order chi connectivity index (χ1) is 14.1. The number of ether oxygens (including phenoxy) is 1. The third-order valence-electron chi connectivity index (χ3n) is 5.47. The monoisotopic (exact) mass is 409 g/mol. The van der Waals surface area contributed by atoms with E-state index in [9.17, 15) is 4.79 Å². The van der Waals surface area contributed by atoms with E-state index in [-0.39, 0.29) is 11.9 Å². The number of hydrogen-bond donors (Lipinski definition) is 1. The van der Waals surface area contributed by atoms with E-state index in [0.717, 1.165) is 32.0 Å². The number of nitrogens with one attached hydrogen (secondary N) is 1. The van der Waals surface area contributed by atoms with Crippen molar-refractivity contribution in [2.75, 3.05) is 32.8 Å². The van der Waals surface area contributed by atoms with Crippen molar-refractivity contribution >= 4 is 17.2 Å². The maximum atomic E-state index is 12.8. The number of morpholine rings is 1. The zero-order valence-electron chi connectivity index (χ0n) is 16.9. The fourth-order valence-corrected chi connectivity index (χ4v) is 4.77. The Kier molecular flexibility index (Phi) is 6.13. The van der Waals surface area contributed by atoms with Crippen LogP contribution >= 0.6 is 11.3 Å². The highest BCUT2D eigenvalue weighted by atomic mass is 32.1. The SMILES string of the molecule is Cc1ccc(C)n1-c1ccc(C(=O)NCC(c2cccs2)N2CCOCC2)cc1. The van der Waals surface area contributed by atoms with Gasteiger partial charge in [0.25, 0.3) is 5.91 Å². The molecule has 6 heteroatoms. The first kappa shape index (κ1) is 19.9. The van der Waals surface area contributed by atoms with Crippen LogP contribution in [0, 0.1) is 13.8 Å². The van der Waals surface area contributed by atoms with Crippen molar-refractivity contribution in [3.8, 4) is 5.69 Å². The summed E-state index contributed by atoms with van der Waals surface area (Å²) in [4.78, 5) is 16.5. The standard InChI is InChI=1S/C23H27N3O2S/c1-17-5-6-18(2)26(17)20-9-7-19(8-10-20)23(27)24-16-21(22-4-3-15-29-22)25-11-13-28-14-12-25/h3-10,15,21H,11-14,16H2,1-2H3,(H,24,27). The maximum absolute atomic E-state index is 12.8. The smallest absolute Gasteiger partial charge is 0.251 e. The largest absolute Gasteiger partial charge is 0.379 e. The molecular weight excluding hydrogens is 382 g/mol. The van der Waals surface area contributed by atoms with Gasteiger partial charge in [0, 0.05) is 47.2 Å². The Bertz CT molecular complexity index is 922. The van der Waals surface area contributed by atoms with Gasteiger partial charge in [0.2, 0.25) is 0 Å². The minimum absolute atomic E-state index is 0.0349. The molecule has 5 nitrogen and oxygen atoms in total. The molecule has 1 unspecified atom stereocenters. The predicted octanol–water partition coefficient (Wildman–Crippen LogP) is 3.96. The highest BCUT2D eigenvalue weighted by Gasteiger charge is 2.24. The van der Waals surface area contributed by atoms with E-state index < -0.39 is 0 Å². The molecule has 1 aliphatic rings. The van der Waals surface area contributed by atoms with E-state index in [1.54, 1.807) is 11.3 Å².